The van der Waals surface area contributed by atoms with Gasteiger partial charge in [-0.1, -0.05) is 6.07 Å². The molecule has 4 nitrogen and oxygen atoms in total. The SMILES string of the molecule is CN(C)[C@@H]1CN(C(=O)c2cccc(C(F)(F)F)c2)C[C@H]1CO. The molecule has 1 saturated heterocycles. The topological polar surface area (TPSA) is 43.8 Å². The predicted octanol–water partition coefficient (Wildman–Crippen LogP) is 1.70. The van der Waals surface area contributed by atoms with Gasteiger partial charge in [0.25, 0.3) is 5.91 Å². The minimum Gasteiger partial charge on any atom is -0.396 e. The van der Waals surface area contributed by atoms with Gasteiger partial charge in [0.05, 0.1) is 5.56 Å². The van der Waals surface area contributed by atoms with Gasteiger partial charge in [0.1, 0.15) is 0 Å². The van der Waals surface area contributed by atoms with E-state index in [1.165, 1.54) is 17.0 Å². The number of carbonyl (C=O) groups is 1. The van der Waals surface area contributed by atoms with Crippen molar-refractivity contribution in [2.75, 3.05) is 33.8 Å². The number of halogens is 3. The van der Waals surface area contributed by atoms with Crippen molar-refractivity contribution in [3.05, 3.63) is 35.4 Å². The summed E-state index contributed by atoms with van der Waals surface area (Å²) in [4.78, 5) is 15.8. The van der Waals surface area contributed by atoms with Crippen molar-refractivity contribution in [3.8, 4) is 0 Å². The molecule has 1 amide bonds. The van der Waals surface area contributed by atoms with Gasteiger partial charge in [-0.3, -0.25) is 4.79 Å². The summed E-state index contributed by atoms with van der Waals surface area (Å²) in [6, 6.07) is 4.44. The minimum absolute atomic E-state index is 0.000233. The van der Waals surface area contributed by atoms with Crippen LogP contribution in [-0.4, -0.2) is 60.6 Å². The first-order chi connectivity index (χ1) is 10.2. The largest absolute Gasteiger partial charge is 0.416 e. The number of hydrogen-bond acceptors (Lipinski definition) is 3. The first-order valence-corrected chi connectivity index (χ1v) is 6.98. The predicted molar refractivity (Wildman–Crippen MR) is 75.4 cm³/mol. The second-order valence-electron chi connectivity index (χ2n) is 5.76. The van der Waals surface area contributed by atoms with Crippen molar-refractivity contribution in [3.63, 3.8) is 0 Å². The Labute approximate surface area is 127 Å². The van der Waals surface area contributed by atoms with Crippen LogP contribution in [0.25, 0.3) is 0 Å². The molecular formula is C15H19F3N2O2. The average molecular weight is 316 g/mol. The number of hydrogen-bond donors (Lipinski definition) is 1. The fourth-order valence-electron chi connectivity index (χ4n) is 2.80. The van der Waals surface area contributed by atoms with E-state index in [4.69, 9.17) is 0 Å². The number of nitrogens with zero attached hydrogens (tertiary/aromatic N) is 2. The fraction of sp³-hybridized carbons (Fsp3) is 0.533. The summed E-state index contributed by atoms with van der Waals surface area (Å²) in [5.74, 6) is -0.529. The third-order valence-electron chi connectivity index (χ3n) is 4.03. The van der Waals surface area contributed by atoms with Gasteiger partial charge < -0.3 is 14.9 Å². The summed E-state index contributed by atoms with van der Waals surface area (Å²) in [6.45, 7) is 0.678. The summed E-state index contributed by atoms with van der Waals surface area (Å²) < 4.78 is 38.2. The number of amides is 1. The van der Waals surface area contributed by atoms with Gasteiger partial charge in [-0.05, 0) is 32.3 Å². The average Bonchev–Trinajstić information content (AvgIpc) is 2.90. The van der Waals surface area contributed by atoms with E-state index in [1.54, 1.807) is 0 Å². The Balaban J connectivity index is 2.19. The third kappa shape index (κ3) is 3.41. The summed E-state index contributed by atoms with van der Waals surface area (Å²) in [5.41, 5.74) is -0.814. The number of rotatable bonds is 3. The van der Waals surface area contributed by atoms with Gasteiger partial charge in [-0.25, -0.2) is 0 Å². The molecule has 2 atom stereocenters. The van der Waals surface area contributed by atoms with Crippen LogP contribution >= 0.6 is 0 Å². The van der Waals surface area contributed by atoms with E-state index in [9.17, 15) is 23.1 Å². The molecule has 0 spiro atoms. The molecule has 1 aromatic rings. The van der Waals surface area contributed by atoms with Crippen molar-refractivity contribution >= 4 is 5.91 Å². The normalized spacial score (nSPS) is 22.4. The third-order valence-corrected chi connectivity index (χ3v) is 4.03. The zero-order chi connectivity index (χ0) is 16.5. The zero-order valence-electron chi connectivity index (χ0n) is 12.5. The van der Waals surface area contributed by atoms with E-state index < -0.39 is 17.6 Å². The molecule has 1 aliphatic heterocycles. The molecule has 0 bridgehead atoms. The lowest BCUT2D eigenvalue weighted by Crippen LogP contribution is -2.37. The van der Waals surface area contributed by atoms with Crippen LogP contribution in [0.4, 0.5) is 13.2 Å². The summed E-state index contributed by atoms with van der Waals surface area (Å²) in [7, 11) is 3.71. The fourth-order valence-corrected chi connectivity index (χ4v) is 2.80. The van der Waals surface area contributed by atoms with Gasteiger partial charge in [-0.2, -0.15) is 13.2 Å². The van der Waals surface area contributed by atoms with Crippen LogP contribution in [0.15, 0.2) is 24.3 Å². The molecule has 22 heavy (non-hydrogen) atoms. The maximum atomic E-state index is 12.7. The number of aliphatic hydroxyl groups is 1. The lowest BCUT2D eigenvalue weighted by Gasteiger charge is -2.23. The zero-order valence-corrected chi connectivity index (χ0v) is 12.5. The van der Waals surface area contributed by atoms with Gasteiger partial charge in [-0.15, -0.1) is 0 Å². The van der Waals surface area contributed by atoms with Gasteiger partial charge >= 0.3 is 6.18 Å². The molecule has 0 unspecified atom stereocenters. The van der Waals surface area contributed by atoms with E-state index in [0.29, 0.717) is 13.1 Å². The van der Waals surface area contributed by atoms with Crippen molar-refractivity contribution < 1.29 is 23.1 Å². The van der Waals surface area contributed by atoms with Gasteiger partial charge in [0, 0.05) is 37.2 Å². The van der Waals surface area contributed by atoms with Crippen LogP contribution in [0.3, 0.4) is 0 Å². The van der Waals surface area contributed by atoms with E-state index >= 15 is 0 Å². The maximum absolute atomic E-state index is 12.7. The molecule has 0 saturated carbocycles. The molecule has 1 N–H and O–H groups in total. The number of aliphatic hydroxyl groups excluding tert-OH is 1. The number of benzene rings is 1. The second-order valence-corrected chi connectivity index (χ2v) is 5.76. The highest BCUT2D eigenvalue weighted by molar-refractivity contribution is 5.94. The highest BCUT2D eigenvalue weighted by Crippen LogP contribution is 2.30. The molecule has 1 aliphatic rings. The molecule has 0 aliphatic carbocycles. The van der Waals surface area contributed by atoms with Crippen LogP contribution in [0.1, 0.15) is 15.9 Å². The van der Waals surface area contributed by atoms with Crippen molar-refractivity contribution in [2.45, 2.75) is 12.2 Å². The smallest absolute Gasteiger partial charge is 0.396 e. The Hall–Kier alpha value is -1.60. The van der Waals surface area contributed by atoms with Crippen LogP contribution in [0.2, 0.25) is 0 Å². The van der Waals surface area contributed by atoms with Crippen LogP contribution in [-0.2, 0) is 6.18 Å². The summed E-state index contributed by atoms with van der Waals surface area (Å²) in [6.07, 6.45) is -4.47. The number of alkyl halides is 3. The first-order valence-electron chi connectivity index (χ1n) is 6.98. The number of carbonyl (C=O) groups excluding carboxylic acids is 1. The molecule has 0 radical (unpaired) electrons. The quantitative estimate of drug-likeness (QED) is 0.923. The Bertz CT molecular complexity index is 546. The van der Waals surface area contributed by atoms with Crippen molar-refractivity contribution in [1.29, 1.82) is 0 Å². The molecule has 7 heteroatoms. The number of likely N-dealkylation sites (N-methyl/N-ethyl adjacent to an activating group) is 1. The second kappa shape index (κ2) is 6.26. The number of likely N-dealkylation sites (tertiary alicyclic amines) is 1. The molecule has 0 aromatic heterocycles. The molecule has 1 aromatic carbocycles. The summed E-state index contributed by atoms with van der Waals surface area (Å²) >= 11 is 0. The molecule has 1 heterocycles. The maximum Gasteiger partial charge on any atom is 0.416 e. The Morgan fingerprint density at radius 3 is 2.55 bits per heavy atom. The van der Waals surface area contributed by atoms with E-state index in [1.807, 2.05) is 19.0 Å². The lowest BCUT2D eigenvalue weighted by molar-refractivity contribution is -0.137. The Morgan fingerprint density at radius 1 is 1.36 bits per heavy atom. The first kappa shape index (κ1) is 16.8. The van der Waals surface area contributed by atoms with Gasteiger partial charge in [0.2, 0.25) is 0 Å². The molecular weight excluding hydrogens is 297 g/mol. The van der Waals surface area contributed by atoms with Crippen LogP contribution in [0, 0.1) is 5.92 Å². The van der Waals surface area contributed by atoms with Crippen molar-refractivity contribution in [1.82, 2.24) is 9.80 Å². The highest BCUT2D eigenvalue weighted by atomic mass is 19.4. The van der Waals surface area contributed by atoms with E-state index in [0.717, 1.165) is 12.1 Å². The Kier molecular flexibility index (Phi) is 4.77. The van der Waals surface area contributed by atoms with Crippen molar-refractivity contribution in [2.24, 2.45) is 5.92 Å². The van der Waals surface area contributed by atoms with E-state index in [2.05, 4.69) is 0 Å². The molecule has 122 valence electrons. The van der Waals surface area contributed by atoms with Gasteiger partial charge in [0.15, 0.2) is 0 Å². The Morgan fingerprint density at radius 2 is 2.05 bits per heavy atom. The molecule has 2 rings (SSSR count). The highest BCUT2D eigenvalue weighted by Gasteiger charge is 2.37. The lowest BCUT2D eigenvalue weighted by atomic mass is 10.0. The minimum atomic E-state index is -4.47. The molecule has 1 fully saturated rings. The monoisotopic (exact) mass is 316 g/mol. The van der Waals surface area contributed by atoms with E-state index in [-0.39, 0.29) is 24.1 Å². The summed E-state index contributed by atoms with van der Waals surface area (Å²) in [5, 5.41) is 9.39. The van der Waals surface area contributed by atoms with Crippen LogP contribution in [0.5, 0.6) is 0 Å². The van der Waals surface area contributed by atoms with Crippen LogP contribution < -0.4 is 0 Å². The standard InChI is InChI=1S/C15H19F3N2O2/c1-19(2)13-8-20(7-11(13)9-21)14(22)10-4-3-5-12(6-10)15(16,17)18/h3-6,11,13,21H,7-9H2,1-2H3/t11-,13+/m0/s1.